The molecule has 6 nitrogen and oxygen atoms in total. The highest BCUT2D eigenvalue weighted by Gasteiger charge is 2.49. The number of rotatable bonds is 4. The molecule has 0 saturated carbocycles. The number of carbonyl (C=O) groups excluding carboxylic acids is 2. The third-order valence-corrected chi connectivity index (χ3v) is 6.81. The van der Waals surface area contributed by atoms with E-state index in [1.165, 1.54) is 30.2 Å². The number of nitrogens with zero attached hydrogens (tertiary/aromatic N) is 2. The maximum absolute atomic E-state index is 13.8. The number of Topliss-reactive ketones (excluding diaryl/α,β-unsaturated/α-hetero) is 1. The second-order valence-corrected chi connectivity index (χ2v) is 8.97. The van der Waals surface area contributed by atoms with Crippen molar-refractivity contribution in [2.45, 2.75) is 6.04 Å². The van der Waals surface area contributed by atoms with E-state index >= 15 is 0 Å². The maximum Gasteiger partial charge on any atom is 0.301 e. The zero-order valence-electron chi connectivity index (χ0n) is 17.7. The van der Waals surface area contributed by atoms with E-state index in [0.29, 0.717) is 32.1 Å². The molecule has 0 bridgehead atoms. The van der Waals surface area contributed by atoms with Crippen LogP contribution in [-0.4, -0.2) is 28.9 Å². The number of ether oxygens (including phenoxy) is 1. The number of thiazole rings is 1. The fourth-order valence-corrected chi connectivity index (χ4v) is 5.11. The predicted octanol–water partition coefficient (Wildman–Crippen LogP) is 5.72. The molecule has 0 unspecified atom stereocenters. The number of fused-ring (bicyclic) bond motifs is 1. The van der Waals surface area contributed by atoms with Crippen LogP contribution in [0.1, 0.15) is 17.2 Å². The van der Waals surface area contributed by atoms with Crippen LogP contribution in [0.3, 0.4) is 0 Å². The Labute approximate surface area is 202 Å². The summed E-state index contributed by atoms with van der Waals surface area (Å²) in [5, 5.41) is 11.8. The van der Waals surface area contributed by atoms with Gasteiger partial charge in [-0.05, 0) is 48.5 Å². The zero-order chi connectivity index (χ0) is 24.0. The normalized spacial score (nSPS) is 17.5. The number of methoxy groups -OCH3 is 1. The number of aromatic nitrogens is 1. The summed E-state index contributed by atoms with van der Waals surface area (Å²) in [7, 11) is 1.48. The molecule has 1 aliphatic heterocycles. The Morgan fingerprint density at radius 1 is 1.12 bits per heavy atom. The number of amides is 1. The molecule has 3 aromatic carbocycles. The third-order valence-electron chi connectivity index (χ3n) is 5.54. The predicted molar refractivity (Wildman–Crippen MR) is 129 cm³/mol. The van der Waals surface area contributed by atoms with E-state index in [1.807, 2.05) is 0 Å². The Hall–Kier alpha value is -3.75. The van der Waals surface area contributed by atoms with Crippen LogP contribution in [0.25, 0.3) is 16.0 Å². The number of ketones is 1. The van der Waals surface area contributed by atoms with Crippen molar-refractivity contribution in [3.8, 4) is 5.75 Å². The number of hydrogen-bond donors (Lipinski definition) is 1. The van der Waals surface area contributed by atoms with Crippen LogP contribution >= 0.6 is 22.9 Å². The van der Waals surface area contributed by atoms with Crippen LogP contribution in [0.4, 0.5) is 9.52 Å². The monoisotopic (exact) mass is 494 g/mol. The first-order valence-corrected chi connectivity index (χ1v) is 11.3. The van der Waals surface area contributed by atoms with Crippen molar-refractivity contribution in [2.75, 3.05) is 12.0 Å². The SMILES string of the molecule is COc1ccccc1[C@H]1/C(=C(\O)c2ccc(Cl)cc2)C(=O)C(=O)N1c1nc2ccc(F)cc2s1. The van der Waals surface area contributed by atoms with Gasteiger partial charge in [0.15, 0.2) is 5.13 Å². The summed E-state index contributed by atoms with van der Waals surface area (Å²) in [6.07, 6.45) is 0. The molecule has 0 spiro atoms. The number of anilines is 1. The summed E-state index contributed by atoms with van der Waals surface area (Å²) in [6.45, 7) is 0. The van der Waals surface area contributed by atoms with E-state index in [4.69, 9.17) is 16.3 Å². The van der Waals surface area contributed by atoms with Gasteiger partial charge in [-0.25, -0.2) is 9.37 Å². The van der Waals surface area contributed by atoms with Gasteiger partial charge in [-0.3, -0.25) is 14.5 Å². The molecular formula is C25H16ClFN2O4S. The lowest BCUT2D eigenvalue weighted by Gasteiger charge is -2.24. The van der Waals surface area contributed by atoms with Crippen LogP contribution in [0, 0.1) is 5.82 Å². The number of halogens is 2. The maximum atomic E-state index is 13.8. The molecule has 5 rings (SSSR count). The van der Waals surface area contributed by atoms with Gasteiger partial charge < -0.3 is 9.84 Å². The molecule has 1 aromatic heterocycles. The highest BCUT2D eigenvalue weighted by Crippen LogP contribution is 2.46. The lowest BCUT2D eigenvalue weighted by Crippen LogP contribution is -2.29. The first-order valence-electron chi connectivity index (χ1n) is 10.1. The number of carbonyl (C=O) groups is 2. The molecular weight excluding hydrogens is 479 g/mol. The quantitative estimate of drug-likeness (QED) is 0.223. The Balaban J connectivity index is 1.76. The fraction of sp³-hybridized carbons (Fsp3) is 0.0800. The van der Waals surface area contributed by atoms with Gasteiger partial charge in [0.25, 0.3) is 5.78 Å². The van der Waals surface area contributed by atoms with E-state index in [0.717, 1.165) is 11.3 Å². The number of aliphatic hydroxyl groups is 1. The molecule has 1 atom stereocenters. The Morgan fingerprint density at radius 2 is 1.85 bits per heavy atom. The number of hydrogen-bond acceptors (Lipinski definition) is 6. The molecule has 2 heterocycles. The molecule has 0 aliphatic carbocycles. The van der Waals surface area contributed by atoms with Crippen LogP contribution < -0.4 is 9.64 Å². The lowest BCUT2D eigenvalue weighted by atomic mass is 9.95. The van der Waals surface area contributed by atoms with Crippen molar-refractivity contribution in [1.29, 1.82) is 0 Å². The van der Waals surface area contributed by atoms with Gasteiger partial charge in [0.05, 0.1) is 22.9 Å². The van der Waals surface area contributed by atoms with Crippen molar-refractivity contribution < 1.29 is 23.8 Å². The molecule has 34 heavy (non-hydrogen) atoms. The highest BCUT2D eigenvalue weighted by atomic mass is 35.5. The van der Waals surface area contributed by atoms with Crippen molar-refractivity contribution in [3.05, 3.63) is 94.3 Å². The molecule has 0 radical (unpaired) electrons. The van der Waals surface area contributed by atoms with Gasteiger partial charge in [-0.2, -0.15) is 0 Å². The average molecular weight is 495 g/mol. The standard InChI is InChI=1S/C25H16ClFN2O4S/c1-33-18-5-3-2-4-16(18)21-20(22(30)13-6-8-14(26)9-7-13)23(31)24(32)29(21)25-28-17-11-10-15(27)12-19(17)34-25/h2-12,21,30H,1H3/b22-20+/t21-/m0/s1. The summed E-state index contributed by atoms with van der Waals surface area (Å²) in [5.41, 5.74) is 1.20. The molecule has 9 heteroatoms. The van der Waals surface area contributed by atoms with Crippen molar-refractivity contribution in [1.82, 2.24) is 4.98 Å². The van der Waals surface area contributed by atoms with E-state index < -0.39 is 23.5 Å². The van der Waals surface area contributed by atoms with Crippen LogP contribution in [0.2, 0.25) is 5.02 Å². The van der Waals surface area contributed by atoms with E-state index in [9.17, 15) is 19.1 Å². The van der Waals surface area contributed by atoms with Gasteiger partial charge in [0, 0.05) is 16.1 Å². The van der Waals surface area contributed by atoms with E-state index in [-0.39, 0.29) is 16.5 Å². The van der Waals surface area contributed by atoms with E-state index in [1.54, 1.807) is 48.5 Å². The largest absolute Gasteiger partial charge is 0.507 e. The molecule has 1 N–H and O–H groups in total. The summed E-state index contributed by atoms with van der Waals surface area (Å²) in [5.74, 6) is -2.08. The number of aliphatic hydroxyl groups excluding tert-OH is 1. The summed E-state index contributed by atoms with van der Waals surface area (Å²) < 4.78 is 19.8. The first kappa shape index (κ1) is 22.1. The molecule has 4 aromatic rings. The second-order valence-electron chi connectivity index (χ2n) is 7.53. The van der Waals surface area contributed by atoms with Gasteiger partial charge in [-0.15, -0.1) is 0 Å². The highest BCUT2D eigenvalue weighted by molar-refractivity contribution is 7.22. The summed E-state index contributed by atoms with van der Waals surface area (Å²) >= 11 is 7.05. The lowest BCUT2D eigenvalue weighted by molar-refractivity contribution is -0.132. The van der Waals surface area contributed by atoms with E-state index in [2.05, 4.69) is 4.98 Å². The third kappa shape index (κ3) is 3.61. The molecule has 1 saturated heterocycles. The Bertz CT molecular complexity index is 1480. The van der Waals surface area contributed by atoms with Crippen molar-refractivity contribution in [3.63, 3.8) is 0 Å². The van der Waals surface area contributed by atoms with Crippen LogP contribution in [0.15, 0.2) is 72.3 Å². The summed E-state index contributed by atoms with van der Waals surface area (Å²) in [4.78, 5) is 32.3. The minimum atomic E-state index is -1.02. The second kappa shape index (κ2) is 8.55. The number of para-hydroxylation sites is 1. The fourth-order valence-electron chi connectivity index (χ4n) is 3.97. The Morgan fingerprint density at radius 3 is 2.59 bits per heavy atom. The zero-order valence-corrected chi connectivity index (χ0v) is 19.2. The number of benzene rings is 3. The topological polar surface area (TPSA) is 79.7 Å². The minimum Gasteiger partial charge on any atom is -0.507 e. The smallest absolute Gasteiger partial charge is 0.301 e. The molecule has 170 valence electrons. The van der Waals surface area contributed by atoms with Gasteiger partial charge in [0.1, 0.15) is 23.4 Å². The first-order chi connectivity index (χ1) is 16.4. The average Bonchev–Trinajstić information content (AvgIpc) is 3.36. The van der Waals surface area contributed by atoms with Gasteiger partial charge >= 0.3 is 5.91 Å². The minimum absolute atomic E-state index is 0.109. The molecule has 1 fully saturated rings. The van der Waals surface area contributed by atoms with Crippen molar-refractivity contribution >= 4 is 55.7 Å². The van der Waals surface area contributed by atoms with Crippen LogP contribution in [0.5, 0.6) is 5.75 Å². The Kier molecular flexibility index (Phi) is 5.55. The molecule has 1 amide bonds. The van der Waals surface area contributed by atoms with Gasteiger partial charge in [-0.1, -0.05) is 41.1 Å². The van der Waals surface area contributed by atoms with Gasteiger partial charge in [0.2, 0.25) is 0 Å². The van der Waals surface area contributed by atoms with Crippen molar-refractivity contribution in [2.24, 2.45) is 0 Å². The summed E-state index contributed by atoms with van der Waals surface area (Å²) in [6, 6.07) is 16.3. The molecule has 1 aliphatic rings. The van der Waals surface area contributed by atoms with Crippen LogP contribution in [-0.2, 0) is 9.59 Å².